The smallest absolute Gasteiger partial charge is 0.146 e. The number of aliphatic hydroxyl groups is 1. The summed E-state index contributed by atoms with van der Waals surface area (Å²) in [6.45, 7) is 13.9. The van der Waals surface area contributed by atoms with Gasteiger partial charge in [0.2, 0.25) is 0 Å². The maximum atomic E-state index is 8.44. The van der Waals surface area contributed by atoms with Gasteiger partial charge >= 0.3 is 0 Å². The number of methoxy groups -OCH3 is 1. The molecule has 0 saturated carbocycles. The SMILES string of the molecule is C.C=C=C.CCCc1sccc1CC.COCOCCc1cccs1.OCCc1cccs1.c1cc2c(s1)CCOC2. The third kappa shape index (κ3) is 18.6. The van der Waals surface area contributed by atoms with Crippen LogP contribution in [0.25, 0.3) is 0 Å². The standard InChI is InChI=1S/C9H14S.C8H12O2S.C7H8OS.C6H8OS.C3H4.CH4/c1-3-5-9-8(4-2)6-7-10-9;1-9-7-10-5-4-8-3-2-6-11-8;1-3-8-5-6-2-4-9-7(1)6;7-4-3-6-2-1-5-8-6;1-3-2;/h6-7H,3-5H2,1-2H3;2-3,6H,4-5,7H2,1H3;2,4H,1,3,5H2;1-2,5,7H,3-4H2;1-2H2;1H4. The summed E-state index contributed by atoms with van der Waals surface area (Å²) in [6, 6.07) is 12.6. The molecule has 0 saturated heterocycles. The van der Waals surface area contributed by atoms with Crippen molar-refractivity contribution in [3.05, 3.63) is 107 Å². The number of aryl methyl sites for hydroxylation is 2. The fourth-order valence-corrected chi connectivity index (χ4v) is 6.87. The number of thiophene rings is 4. The highest BCUT2D eigenvalue weighted by atomic mass is 32.1. The van der Waals surface area contributed by atoms with E-state index < -0.39 is 0 Å². The number of hydrogen-bond acceptors (Lipinski definition) is 8. The molecule has 0 bridgehead atoms. The van der Waals surface area contributed by atoms with E-state index in [1.54, 1.807) is 40.2 Å². The van der Waals surface area contributed by atoms with Crippen molar-refractivity contribution < 1.29 is 19.3 Å². The van der Waals surface area contributed by atoms with Crippen molar-refractivity contribution in [3.8, 4) is 0 Å². The van der Waals surface area contributed by atoms with E-state index in [9.17, 15) is 0 Å². The van der Waals surface area contributed by atoms with Crippen molar-refractivity contribution in [3.63, 3.8) is 0 Å². The van der Waals surface area contributed by atoms with E-state index in [0.29, 0.717) is 6.79 Å². The topological polar surface area (TPSA) is 47.9 Å². The Balaban J connectivity index is 0.000000515. The van der Waals surface area contributed by atoms with E-state index >= 15 is 0 Å². The van der Waals surface area contributed by atoms with Crippen LogP contribution in [0.3, 0.4) is 0 Å². The maximum Gasteiger partial charge on any atom is 0.146 e. The zero-order chi connectivity index (χ0) is 30.0. The predicted molar refractivity (Wildman–Crippen MR) is 188 cm³/mol. The Morgan fingerprint density at radius 3 is 2.12 bits per heavy atom. The normalized spacial score (nSPS) is 10.9. The maximum absolute atomic E-state index is 8.44. The van der Waals surface area contributed by atoms with Gasteiger partial charge in [0.1, 0.15) is 6.79 Å². The molecule has 4 aromatic rings. The van der Waals surface area contributed by atoms with Crippen LogP contribution < -0.4 is 0 Å². The van der Waals surface area contributed by atoms with Gasteiger partial charge in [0.05, 0.1) is 19.8 Å². The average molecular weight is 651 g/mol. The van der Waals surface area contributed by atoms with Gasteiger partial charge in [-0.2, -0.15) is 0 Å². The summed E-state index contributed by atoms with van der Waals surface area (Å²) in [5.74, 6) is 0. The third-order valence-corrected chi connectivity index (χ3v) is 9.40. The molecule has 0 spiro atoms. The van der Waals surface area contributed by atoms with E-state index in [0.717, 1.165) is 39.1 Å². The van der Waals surface area contributed by atoms with Crippen molar-refractivity contribution in [2.75, 3.05) is 33.7 Å². The van der Waals surface area contributed by atoms with Crippen molar-refractivity contribution >= 4 is 45.3 Å². The predicted octanol–water partition coefficient (Wildman–Crippen LogP) is 9.87. The van der Waals surface area contributed by atoms with Crippen LogP contribution in [0.4, 0.5) is 0 Å². The number of rotatable bonds is 10. The van der Waals surface area contributed by atoms with Crippen molar-refractivity contribution in [2.24, 2.45) is 0 Å². The number of hydrogen-bond donors (Lipinski definition) is 1. The van der Waals surface area contributed by atoms with Crippen LogP contribution in [-0.4, -0.2) is 38.8 Å². The molecule has 0 unspecified atom stereocenters. The molecule has 5 heterocycles. The lowest BCUT2D eigenvalue weighted by molar-refractivity contribution is -0.0289. The van der Waals surface area contributed by atoms with Crippen LogP contribution >= 0.6 is 45.3 Å². The van der Waals surface area contributed by atoms with E-state index in [2.05, 4.69) is 73.1 Å². The van der Waals surface area contributed by atoms with Gasteiger partial charge in [0, 0.05) is 52.5 Å². The van der Waals surface area contributed by atoms with Crippen LogP contribution in [0.2, 0.25) is 0 Å². The first kappa shape index (κ1) is 40.2. The lowest BCUT2D eigenvalue weighted by Crippen LogP contribution is -2.05. The van der Waals surface area contributed by atoms with Crippen LogP contribution in [0.5, 0.6) is 0 Å². The second kappa shape index (κ2) is 28.0. The van der Waals surface area contributed by atoms with Gasteiger partial charge < -0.3 is 19.3 Å². The minimum atomic E-state index is 0. The second-order valence-corrected chi connectivity index (χ2v) is 12.7. The lowest BCUT2D eigenvalue weighted by Gasteiger charge is -2.10. The summed E-state index contributed by atoms with van der Waals surface area (Å²) in [4.78, 5) is 5.72. The van der Waals surface area contributed by atoms with Crippen LogP contribution in [0, 0.1) is 0 Å². The summed E-state index contributed by atoms with van der Waals surface area (Å²) in [5, 5.41) is 16.9. The Kier molecular flexibility index (Phi) is 26.7. The van der Waals surface area contributed by atoms with Crippen molar-refractivity contribution in [2.45, 2.75) is 66.4 Å². The molecular weight excluding hydrogens is 601 g/mol. The first-order chi connectivity index (χ1) is 20.1. The zero-order valence-corrected chi connectivity index (χ0v) is 28.0. The summed E-state index contributed by atoms with van der Waals surface area (Å²) in [5.41, 5.74) is 5.19. The van der Waals surface area contributed by atoms with Crippen LogP contribution in [0.15, 0.2) is 76.8 Å². The Hall–Kier alpha value is -1.84. The summed E-state index contributed by atoms with van der Waals surface area (Å²) in [6.07, 6.45) is 6.64. The van der Waals surface area contributed by atoms with Gasteiger partial charge in [-0.25, -0.2) is 0 Å². The van der Waals surface area contributed by atoms with Crippen molar-refractivity contribution in [1.82, 2.24) is 0 Å². The van der Waals surface area contributed by atoms with Gasteiger partial charge in [-0.05, 0) is 69.8 Å². The largest absolute Gasteiger partial charge is 0.396 e. The molecule has 0 atom stereocenters. The van der Waals surface area contributed by atoms with Gasteiger partial charge in [0.15, 0.2) is 0 Å². The Bertz CT molecular complexity index is 1100. The average Bonchev–Trinajstić information content (AvgIpc) is 3.82. The first-order valence-electron chi connectivity index (χ1n) is 13.8. The van der Waals surface area contributed by atoms with Gasteiger partial charge in [-0.1, -0.05) is 53.0 Å². The number of ether oxygens (including phenoxy) is 3. The summed E-state index contributed by atoms with van der Waals surface area (Å²) in [7, 11) is 1.63. The molecule has 0 radical (unpaired) electrons. The quantitative estimate of drug-likeness (QED) is 0.105. The van der Waals surface area contributed by atoms with E-state index in [-0.39, 0.29) is 14.0 Å². The molecule has 4 nitrogen and oxygen atoms in total. The van der Waals surface area contributed by atoms with Gasteiger partial charge in [-0.15, -0.1) is 51.1 Å². The summed E-state index contributed by atoms with van der Waals surface area (Å²) >= 11 is 7.19. The molecule has 1 aliphatic rings. The molecule has 0 aliphatic carbocycles. The molecule has 4 aromatic heterocycles. The minimum absolute atomic E-state index is 0. The molecule has 0 amide bonds. The molecule has 1 N–H and O–H groups in total. The lowest BCUT2D eigenvalue weighted by atomic mass is 10.1. The van der Waals surface area contributed by atoms with Crippen molar-refractivity contribution in [1.29, 1.82) is 0 Å². The zero-order valence-electron chi connectivity index (χ0n) is 24.8. The summed E-state index contributed by atoms with van der Waals surface area (Å²) < 4.78 is 15.1. The molecular formula is C34H50O4S4. The Morgan fingerprint density at radius 2 is 1.57 bits per heavy atom. The highest BCUT2D eigenvalue weighted by Crippen LogP contribution is 2.21. The molecule has 0 fully saturated rings. The Morgan fingerprint density at radius 1 is 0.905 bits per heavy atom. The van der Waals surface area contributed by atoms with Gasteiger partial charge in [0.25, 0.3) is 0 Å². The number of aliphatic hydroxyl groups excluding tert-OH is 1. The molecule has 1 aliphatic heterocycles. The Labute approximate surface area is 271 Å². The second-order valence-electron chi connectivity index (χ2n) is 8.59. The van der Waals surface area contributed by atoms with Crippen LogP contribution in [-0.2, 0) is 52.9 Å². The van der Waals surface area contributed by atoms with Crippen LogP contribution in [0.1, 0.15) is 58.3 Å². The highest BCUT2D eigenvalue weighted by molar-refractivity contribution is 7.10. The highest BCUT2D eigenvalue weighted by Gasteiger charge is 2.08. The van der Waals surface area contributed by atoms with Gasteiger partial charge in [-0.3, -0.25) is 0 Å². The van der Waals surface area contributed by atoms with E-state index in [1.807, 2.05) is 40.2 Å². The van der Waals surface area contributed by atoms with E-state index in [1.165, 1.54) is 39.5 Å². The fourth-order valence-electron chi connectivity index (χ4n) is 3.53. The molecule has 5 rings (SSSR count). The molecule has 8 heteroatoms. The molecule has 42 heavy (non-hydrogen) atoms. The molecule has 234 valence electrons. The third-order valence-electron chi connectivity index (χ3n) is 5.48. The minimum Gasteiger partial charge on any atom is -0.396 e. The fraction of sp³-hybridized carbons (Fsp3) is 0.441. The first-order valence-corrected chi connectivity index (χ1v) is 17.3. The molecule has 0 aromatic carbocycles. The van der Waals surface area contributed by atoms with E-state index in [4.69, 9.17) is 19.3 Å². The number of fused-ring (bicyclic) bond motifs is 1. The monoisotopic (exact) mass is 650 g/mol.